The fourth-order valence-electron chi connectivity index (χ4n) is 2.91. The largest absolute Gasteiger partial charge is 0.492 e. The molecular formula is C19H31N3O3. The van der Waals surface area contributed by atoms with Crippen LogP contribution in [0.2, 0.25) is 0 Å². The van der Waals surface area contributed by atoms with E-state index in [-0.39, 0.29) is 5.91 Å². The zero-order valence-electron chi connectivity index (χ0n) is 15.4. The molecule has 0 bridgehead atoms. The minimum Gasteiger partial charge on any atom is -0.492 e. The molecular weight excluding hydrogens is 318 g/mol. The second-order valence-electron chi connectivity index (χ2n) is 6.76. The fourth-order valence-corrected chi connectivity index (χ4v) is 2.91. The molecule has 25 heavy (non-hydrogen) atoms. The molecule has 1 fully saturated rings. The van der Waals surface area contributed by atoms with E-state index >= 15 is 0 Å². The molecule has 0 aliphatic carbocycles. The number of nitrogens with two attached hydrogens (primary N) is 1. The number of ether oxygens (including phenoxy) is 2. The Morgan fingerprint density at radius 2 is 2.08 bits per heavy atom. The van der Waals surface area contributed by atoms with Gasteiger partial charge in [-0.25, -0.2) is 0 Å². The number of hydrogen-bond donors (Lipinski definition) is 2. The Morgan fingerprint density at radius 3 is 2.80 bits per heavy atom. The number of carbonyl (C=O) groups excluding carboxylic acids is 1. The normalized spacial score (nSPS) is 17.7. The molecule has 1 aromatic rings. The maximum Gasteiger partial charge on any atom is 0.240 e. The SMILES string of the molecule is CCCC(C)(N)C(=O)NCc1ccccc1OCCN1CCOCC1. The third-order valence-electron chi connectivity index (χ3n) is 4.47. The van der Waals surface area contributed by atoms with E-state index in [1.54, 1.807) is 6.92 Å². The van der Waals surface area contributed by atoms with E-state index in [1.807, 2.05) is 31.2 Å². The van der Waals surface area contributed by atoms with Crippen LogP contribution in [-0.4, -0.2) is 55.8 Å². The van der Waals surface area contributed by atoms with E-state index < -0.39 is 5.54 Å². The summed E-state index contributed by atoms with van der Waals surface area (Å²) in [5, 5.41) is 2.93. The second-order valence-corrected chi connectivity index (χ2v) is 6.76. The zero-order chi connectivity index (χ0) is 18.1. The van der Waals surface area contributed by atoms with Crippen molar-refractivity contribution in [2.45, 2.75) is 38.8 Å². The Bertz CT molecular complexity index is 542. The van der Waals surface area contributed by atoms with Crippen LogP contribution in [0.5, 0.6) is 5.75 Å². The van der Waals surface area contributed by atoms with Crippen LogP contribution >= 0.6 is 0 Å². The van der Waals surface area contributed by atoms with Gasteiger partial charge in [0.1, 0.15) is 12.4 Å². The highest BCUT2D eigenvalue weighted by molar-refractivity contribution is 5.85. The van der Waals surface area contributed by atoms with Gasteiger partial charge >= 0.3 is 0 Å². The molecule has 0 spiro atoms. The monoisotopic (exact) mass is 349 g/mol. The highest BCUT2D eigenvalue weighted by Gasteiger charge is 2.26. The number of rotatable bonds is 9. The lowest BCUT2D eigenvalue weighted by atomic mass is 9.96. The Kier molecular flexibility index (Phi) is 7.68. The maximum atomic E-state index is 12.3. The number of carbonyl (C=O) groups is 1. The minimum atomic E-state index is -0.832. The van der Waals surface area contributed by atoms with E-state index in [9.17, 15) is 4.79 Å². The molecule has 0 saturated carbocycles. The fraction of sp³-hybridized carbons (Fsp3) is 0.632. The summed E-state index contributed by atoms with van der Waals surface area (Å²) in [7, 11) is 0. The summed E-state index contributed by atoms with van der Waals surface area (Å²) < 4.78 is 11.3. The van der Waals surface area contributed by atoms with Crippen LogP contribution in [-0.2, 0) is 16.1 Å². The van der Waals surface area contributed by atoms with E-state index in [4.69, 9.17) is 15.2 Å². The van der Waals surface area contributed by atoms with Gasteiger partial charge in [0.05, 0.1) is 18.8 Å². The predicted molar refractivity (Wildman–Crippen MR) is 98.5 cm³/mol. The number of nitrogens with zero attached hydrogens (tertiary/aromatic N) is 1. The van der Waals surface area contributed by atoms with Crippen molar-refractivity contribution in [3.05, 3.63) is 29.8 Å². The molecule has 1 amide bonds. The van der Waals surface area contributed by atoms with Crippen LogP contribution < -0.4 is 15.8 Å². The van der Waals surface area contributed by atoms with Gasteiger partial charge in [0.2, 0.25) is 5.91 Å². The summed E-state index contributed by atoms with van der Waals surface area (Å²) in [5.41, 5.74) is 6.21. The van der Waals surface area contributed by atoms with Crippen LogP contribution in [0, 0.1) is 0 Å². The molecule has 1 unspecified atom stereocenters. The first-order valence-electron chi connectivity index (χ1n) is 9.11. The summed E-state index contributed by atoms with van der Waals surface area (Å²) in [6.45, 7) is 9.20. The lowest BCUT2D eigenvalue weighted by Crippen LogP contribution is -2.51. The Hall–Kier alpha value is -1.63. The third-order valence-corrected chi connectivity index (χ3v) is 4.47. The number of morpholine rings is 1. The van der Waals surface area contributed by atoms with Crippen molar-refractivity contribution in [3.8, 4) is 5.75 Å². The van der Waals surface area contributed by atoms with E-state index in [1.165, 1.54) is 0 Å². The third kappa shape index (κ3) is 6.30. The molecule has 1 atom stereocenters. The van der Waals surface area contributed by atoms with Gasteiger partial charge < -0.3 is 20.5 Å². The Balaban J connectivity index is 1.84. The first-order valence-corrected chi connectivity index (χ1v) is 9.11. The van der Waals surface area contributed by atoms with Crippen molar-refractivity contribution in [2.24, 2.45) is 5.73 Å². The zero-order valence-corrected chi connectivity index (χ0v) is 15.4. The molecule has 1 aliphatic rings. The molecule has 140 valence electrons. The molecule has 6 heteroatoms. The standard InChI is InChI=1S/C19H31N3O3/c1-3-8-19(2,20)18(23)21-15-16-6-4-5-7-17(16)25-14-11-22-9-12-24-13-10-22/h4-7H,3,8-15,20H2,1-2H3,(H,21,23). The Labute approximate surface area is 150 Å². The molecule has 0 aromatic heterocycles. The quantitative estimate of drug-likeness (QED) is 0.707. The van der Waals surface area contributed by atoms with Crippen molar-refractivity contribution < 1.29 is 14.3 Å². The molecule has 0 radical (unpaired) electrons. The average molecular weight is 349 g/mol. The number of benzene rings is 1. The summed E-state index contributed by atoms with van der Waals surface area (Å²) in [4.78, 5) is 14.6. The first kappa shape index (κ1) is 19.7. The van der Waals surface area contributed by atoms with Gasteiger partial charge in [-0.3, -0.25) is 9.69 Å². The summed E-state index contributed by atoms with van der Waals surface area (Å²) in [5.74, 6) is 0.683. The van der Waals surface area contributed by atoms with Gasteiger partial charge in [-0.1, -0.05) is 31.5 Å². The van der Waals surface area contributed by atoms with Crippen LogP contribution in [0.3, 0.4) is 0 Å². The molecule has 3 N–H and O–H groups in total. The molecule has 2 rings (SSSR count). The van der Waals surface area contributed by atoms with Gasteiger partial charge in [-0.05, 0) is 19.4 Å². The average Bonchev–Trinajstić information content (AvgIpc) is 2.61. The molecule has 1 aromatic carbocycles. The summed E-state index contributed by atoms with van der Waals surface area (Å²) in [6.07, 6.45) is 1.54. The second kappa shape index (κ2) is 9.75. The number of nitrogens with one attached hydrogen (secondary N) is 1. The summed E-state index contributed by atoms with van der Waals surface area (Å²) >= 11 is 0. The lowest BCUT2D eigenvalue weighted by Gasteiger charge is -2.26. The van der Waals surface area contributed by atoms with Gasteiger partial charge in [0.25, 0.3) is 0 Å². The van der Waals surface area contributed by atoms with Crippen LogP contribution in [0.1, 0.15) is 32.3 Å². The highest BCUT2D eigenvalue weighted by Crippen LogP contribution is 2.18. The Morgan fingerprint density at radius 1 is 1.36 bits per heavy atom. The van der Waals surface area contributed by atoms with Crippen molar-refractivity contribution in [3.63, 3.8) is 0 Å². The van der Waals surface area contributed by atoms with Crippen LogP contribution in [0.4, 0.5) is 0 Å². The number of para-hydroxylation sites is 1. The molecule has 1 aliphatic heterocycles. The van der Waals surface area contributed by atoms with Crippen molar-refractivity contribution >= 4 is 5.91 Å². The van der Waals surface area contributed by atoms with Gasteiger partial charge in [-0.15, -0.1) is 0 Å². The molecule has 6 nitrogen and oxygen atoms in total. The van der Waals surface area contributed by atoms with Crippen LogP contribution in [0.15, 0.2) is 24.3 Å². The van der Waals surface area contributed by atoms with E-state index in [0.717, 1.165) is 50.6 Å². The van der Waals surface area contributed by atoms with Crippen molar-refractivity contribution in [1.82, 2.24) is 10.2 Å². The predicted octanol–water partition coefficient (Wildman–Crippen LogP) is 1.53. The smallest absolute Gasteiger partial charge is 0.240 e. The number of hydrogen-bond acceptors (Lipinski definition) is 5. The van der Waals surface area contributed by atoms with Crippen LogP contribution in [0.25, 0.3) is 0 Å². The summed E-state index contributed by atoms with van der Waals surface area (Å²) in [6, 6.07) is 7.80. The van der Waals surface area contributed by atoms with Gasteiger partial charge in [-0.2, -0.15) is 0 Å². The van der Waals surface area contributed by atoms with E-state index in [0.29, 0.717) is 19.6 Å². The molecule has 1 saturated heterocycles. The van der Waals surface area contributed by atoms with Crippen molar-refractivity contribution in [2.75, 3.05) is 39.5 Å². The highest BCUT2D eigenvalue weighted by atomic mass is 16.5. The first-order chi connectivity index (χ1) is 12.0. The van der Waals surface area contributed by atoms with E-state index in [2.05, 4.69) is 10.2 Å². The maximum absolute atomic E-state index is 12.3. The lowest BCUT2D eigenvalue weighted by molar-refractivity contribution is -0.126. The van der Waals surface area contributed by atoms with Gasteiger partial charge in [0, 0.05) is 31.7 Å². The topological polar surface area (TPSA) is 76.8 Å². The minimum absolute atomic E-state index is 0.127. The number of amides is 1. The molecule has 1 heterocycles. The van der Waals surface area contributed by atoms with Crippen molar-refractivity contribution in [1.29, 1.82) is 0 Å². The van der Waals surface area contributed by atoms with Gasteiger partial charge in [0.15, 0.2) is 0 Å².